The summed E-state index contributed by atoms with van der Waals surface area (Å²) in [4.78, 5) is 48.6. The van der Waals surface area contributed by atoms with E-state index in [4.69, 9.17) is 23.3 Å². The van der Waals surface area contributed by atoms with Gasteiger partial charge >= 0.3 is 25.7 Å². The molecule has 0 aromatic carbocycles. The summed E-state index contributed by atoms with van der Waals surface area (Å²) in [6.07, 6.45) is 64.6. The molecule has 0 aliphatic rings. The van der Waals surface area contributed by atoms with Gasteiger partial charge in [-0.3, -0.25) is 23.4 Å². The smallest absolute Gasteiger partial charge is 0.462 e. The van der Waals surface area contributed by atoms with E-state index in [1.54, 1.807) is 0 Å². The number of phosphoric ester groups is 1. The average Bonchev–Trinajstić information content (AvgIpc) is 3.41. The number of phosphoric acid groups is 1. The van der Waals surface area contributed by atoms with E-state index in [9.17, 15) is 28.9 Å². The average molecular weight is 1090 g/mol. The lowest BCUT2D eigenvalue weighted by molar-refractivity contribution is -0.161. The maximum Gasteiger partial charge on any atom is 0.472 e. The summed E-state index contributed by atoms with van der Waals surface area (Å²) >= 11 is 0. The van der Waals surface area contributed by atoms with Gasteiger partial charge in [0, 0.05) is 19.3 Å². The summed E-state index contributed by atoms with van der Waals surface area (Å²) in [5.74, 6) is -1.49. The number of carbonyl (C=O) groups excluding carboxylic acids is 3. The highest BCUT2D eigenvalue weighted by Crippen LogP contribution is 2.43. The fraction of sp³-hybridized carbons (Fsp3) is 0.797. The zero-order chi connectivity index (χ0) is 55.5. The number of aliphatic hydroxyl groups excluding tert-OH is 1. The fourth-order valence-corrected chi connectivity index (χ4v) is 9.52. The zero-order valence-electron chi connectivity index (χ0n) is 49.0. The molecule has 0 fully saturated rings. The Bertz CT molecular complexity index is 1510. The van der Waals surface area contributed by atoms with Crippen molar-refractivity contribution in [2.24, 2.45) is 0 Å². The van der Waals surface area contributed by atoms with Crippen LogP contribution in [0.15, 0.2) is 60.8 Å². The van der Waals surface area contributed by atoms with Gasteiger partial charge < -0.3 is 24.2 Å². The third kappa shape index (κ3) is 55.9. The van der Waals surface area contributed by atoms with Crippen LogP contribution < -0.4 is 0 Å². The molecule has 12 heteroatoms. The molecule has 0 heterocycles. The van der Waals surface area contributed by atoms with Crippen LogP contribution in [0.5, 0.6) is 0 Å². The van der Waals surface area contributed by atoms with Crippen LogP contribution in [0.1, 0.15) is 290 Å². The van der Waals surface area contributed by atoms with E-state index in [1.807, 2.05) is 0 Å². The molecule has 2 N–H and O–H groups in total. The van der Waals surface area contributed by atoms with Crippen LogP contribution in [0, 0.1) is 0 Å². The van der Waals surface area contributed by atoms with Gasteiger partial charge in [0.05, 0.1) is 19.8 Å². The molecule has 0 spiro atoms. The Labute approximate surface area is 465 Å². The molecule has 3 atom stereocenters. The van der Waals surface area contributed by atoms with Crippen molar-refractivity contribution in [1.29, 1.82) is 0 Å². The quantitative estimate of drug-likeness (QED) is 0.0197. The molecule has 0 radical (unpaired) electrons. The predicted octanol–water partition coefficient (Wildman–Crippen LogP) is 18.7. The highest BCUT2D eigenvalue weighted by atomic mass is 31.2. The normalized spacial score (nSPS) is 13.7. The lowest BCUT2D eigenvalue weighted by atomic mass is 10.0. The van der Waals surface area contributed by atoms with Crippen molar-refractivity contribution in [3.63, 3.8) is 0 Å². The molecule has 0 amide bonds. The second-order valence-corrected chi connectivity index (χ2v) is 22.3. The van der Waals surface area contributed by atoms with Crippen LogP contribution in [0.4, 0.5) is 0 Å². The summed E-state index contributed by atoms with van der Waals surface area (Å²) in [7, 11) is -4.76. The Morgan fingerprint density at radius 1 is 0.382 bits per heavy atom. The molecule has 0 saturated carbocycles. The minimum atomic E-state index is -4.76. The van der Waals surface area contributed by atoms with Crippen molar-refractivity contribution in [3.05, 3.63) is 60.8 Å². The topological polar surface area (TPSA) is 155 Å². The van der Waals surface area contributed by atoms with Gasteiger partial charge in [-0.15, -0.1) is 0 Å². The highest BCUT2D eigenvalue weighted by Gasteiger charge is 2.28. The molecular weight excluding hydrogens is 976 g/mol. The van der Waals surface area contributed by atoms with Crippen molar-refractivity contribution in [2.45, 2.75) is 303 Å². The molecule has 11 nitrogen and oxygen atoms in total. The zero-order valence-corrected chi connectivity index (χ0v) is 49.9. The van der Waals surface area contributed by atoms with E-state index < -0.39 is 57.8 Å². The Morgan fingerprint density at radius 3 is 1.05 bits per heavy atom. The predicted molar refractivity (Wildman–Crippen MR) is 316 cm³/mol. The molecule has 0 aliphatic carbocycles. The van der Waals surface area contributed by atoms with Crippen molar-refractivity contribution in [1.82, 2.24) is 0 Å². The van der Waals surface area contributed by atoms with Crippen molar-refractivity contribution < 1.29 is 52.2 Å². The number of hydrogen-bond donors (Lipinski definition) is 2. The van der Waals surface area contributed by atoms with Crippen molar-refractivity contribution in [3.8, 4) is 0 Å². The van der Waals surface area contributed by atoms with Gasteiger partial charge in [-0.2, -0.15) is 0 Å². The molecule has 0 aliphatic heterocycles. The first-order valence-corrected chi connectivity index (χ1v) is 32.7. The Kier molecular flexibility index (Phi) is 56.2. The first-order chi connectivity index (χ1) is 37.2. The minimum Gasteiger partial charge on any atom is -0.462 e. The summed E-state index contributed by atoms with van der Waals surface area (Å²) < 4.78 is 39.6. The summed E-state index contributed by atoms with van der Waals surface area (Å²) in [5.41, 5.74) is 0. The standard InChI is InChI=1S/C64H115O11P/c1-4-7-10-13-16-19-22-25-27-29-30-32-34-37-40-43-46-49-52-55-64(68)75-61(57-71-62(66)53-50-47-44-41-38-35-24-21-18-15-12-9-6-3)59-73-76(69,70)72-58-60(56-65)74-63(67)54-51-48-45-42-39-36-33-31-28-26-23-20-17-14-11-8-5-2/h7,10,16,19,25,27,30,32,37,40,60-61,65H,4-6,8-9,11-15,17-18,20-24,26,28-29,31,33-36,38-39,41-59H2,1-3H3,(H,69,70)/b10-7-,19-16-,27-25-,32-30-,40-37-. The largest absolute Gasteiger partial charge is 0.472 e. The van der Waals surface area contributed by atoms with Crippen LogP contribution in [0.25, 0.3) is 0 Å². The monoisotopic (exact) mass is 1090 g/mol. The van der Waals surface area contributed by atoms with Crippen molar-refractivity contribution >= 4 is 25.7 Å². The van der Waals surface area contributed by atoms with Gasteiger partial charge in [-0.25, -0.2) is 4.57 Å². The van der Waals surface area contributed by atoms with E-state index in [1.165, 1.54) is 141 Å². The van der Waals surface area contributed by atoms with Gasteiger partial charge in [-0.1, -0.05) is 268 Å². The number of rotatable bonds is 58. The number of ether oxygens (including phenoxy) is 3. The number of esters is 3. The lowest BCUT2D eigenvalue weighted by Gasteiger charge is -2.21. The third-order valence-electron chi connectivity index (χ3n) is 13.5. The second kappa shape index (κ2) is 58.3. The van der Waals surface area contributed by atoms with Crippen LogP contribution in [-0.2, 0) is 42.2 Å². The second-order valence-electron chi connectivity index (χ2n) is 20.9. The maximum absolute atomic E-state index is 12.9. The molecule has 76 heavy (non-hydrogen) atoms. The number of hydrogen-bond acceptors (Lipinski definition) is 10. The Hall–Kier alpha value is -2.82. The molecule has 0 aromatic heterocycles. The molecule has 0 saturated heterocycles. The first-order valence-electron chi connectivity index (χ1n) is 31.2. The van der Waals surface area contributed by atoms with Crippen molar-refractivity contribution in [2.75, 3.05) is 26.4 Å². The van der Waals surface area contributed by atoms with Crippen LogP contribution >= 0.6 is 7.82 Å². The Morgan fingerprint density at radius 2 is 0.684 bits per heavy atom. The fourth-order valence-electron chi connectivity index (χ4n) is 8.74. The van der Waals surface area contributed by atoms with Gasteiger partial charge in [-0.05, 0) is 64.2 Å². The number of carbonyl (C=O) groups is 3. The van der Waals surface area contributed by atoms with Gasteiger partial charge in [0.1, 0.15) is 12.7 Å². The van der Waals surface area contributed by atoms with Gasteiger partial charge in [0.2, 0.25) is 0 Å². The van der Waals surface area contributed by atoms with Crippen LogP contribution in [0.3, 0.4) is 0 Å². The molecule has 0 bridgehead atoms. The summed E-state index contributed by atoms with van der Waals surface area (Å²) in [6, 6.07) is 0. The molecule has 3 unspecified atom stereocenters. The molecule has 442 valence electrons. The Balaban J connectivity index is 4.71. The molecule has 0 aromatic rings. The molecule has 0 rings (SSSR count). The third-order valence-corrected chi connectivity index (χ3v) is 14.4. The molecular formula is C64H115O11P. The first kappa shape index (κ1) is 73.2. The highest BCUT2D eigenvalue weighted by molar-refractivity contribution is 7.47. The van der Waals surface area contributed by atoms with Gasteiger partial charge in [0.15, 0.2) is 6.10 Å². The van der Waals surface area contributed by atoms with Crippen LogP contribution in [-0.4, -0.2) is 66.5 Å². The van der Waals surface area contributed by atoms with E-state index in [-0.39, 0.29) is 25.9 Å². The van der Waals surface area contributed by atoms with Gasteiger partial charge in [0.25, 0.3) is 0 Å². The number of allylic oxidation sites excluding steroid dienone is 10. The maximum atomic E-state index is 12.9. The lowest BCUT2D eigenvalue weighted by Crippen LogP contribution is -2.30. The van der Waals surface area contributed by atoms with E-state index in [2.05, 4.69) is 81.5 Å². The summed E-state index contributed by atoms with van der Waals surface area (Å²) in [6.45, 7) is 4.54. The van der Waals surface area contributed by atoms with Crippen LogP contribution in [0.2, 0.25) is 0 Å². The number of unbranched alkanes of at least 4 members (excludes halogenated alkanes) is 31. The number of aliphatic hydroxyl groups is 1. The SMILES string of the molecule is CC/C=C\C/C=C\C/C=C\C/C=C\C/C=C\CCCCCC(=O)OC(COC(=O)CCCCCCCCCCCCCCC)COP(=O)(O)OCC(CO)OC(=O)CCCCCCCCCCCCCCCCCCC. The summed E-state index contributed by atoms with van der Waals surface area (Å²) in [5, 5.41) is 9.84. The van der Waals surface area contributed by atoms with E-state index >= 15 is 0 Å². The van der Waals surface area contributed by atoms with E-state index in [0.29, 0.717) is 19.3 Å². The van der Waals surface area contributed by atoms with E-state index in [0.717, 1.165) is 89.9 Å². The minimum absolute atomic E-state index is 0.130.